The summed E-state index contributed by atoms with van der Waals surface area (Å²) in [5, 5.41) is 11.8. The van der Waals surface area contributed by atoms with Gasteiger partial charge in [0.15, 0.2) is 11.5 Å². The maximum Gasteiger partial charge on any atom is 0.217 e. The Kier molecular flexibility index (Phi) is 6.63. The van der Waals surface area contributed by atoms with E-state index in [0.717, 1.165) is 17.1 Å². The highest BCUT2D eigenvalue weighted by Gasteiger charge is 2.16. The van der Waals surface area contributed by atoms with Gasteiger partial charge < -0.3 is 24.8 Å². The van der Waals surface area contributed by atoms with Gasteiger partial charge in [-0.05, 0) is 49.6 Å². The second-order valence-corrected chi connectivity index (χ2v) is 7.04. The number of amides is 1. The molecule has 2 aliphatic heterocycles. The van der Waals surface area contributed by atoms with Gasteiger partial charge in [0.25, 0.3) is 0 Å². The molecule has 2 aromatic rings. The Morgan fingerprint density at radius 1 is 1.04 bits per heavy atom. The quantitative estimate of drug-likeness (QED) is 0.845. The number of nitrogens with zero attached hydrogens (tertiary/aromatic N) is 1. The van der Waals surface area contributed by atoms with Crippen LogP contribution in [0.1, 0.15) is 38.3 Å². The molecule has 4 rings (SSSR count). The van der Waals surface area contributed by atoms with Gasteiger partial charge in [0.05, 0.1) is 6.04 Å². The average Bonchev–Trinajstić information content (AvgIpc) is 3.23. The standard InChI is InChI=1S/C12H15NO2.C10H13NO2/c1-2-6-13(5-1)10-3-4-11-12(9-10)15-8-7-14-11;1-7(11-8(2)12)9-3-5-10(13)6-4-9/h3-4,9H,1-2,5-8H2;3-7,13H,1-2H3,(H,11,12). The summed E-state index contributed by atoms with van der Waals surface area (Å²) in [6.45, 7) is 7.04. The lowest BCUT2D eigenvalue weighted by Gasteiger charge is -2.22. The minimum Gasteiger partial charge on any atom is -0.508 e. The molecule has 0 aliphatic carbocycles. The molecule has 150 valence electrons. The molecule has 1 atom stereocenters. The van der Waals surface area contributed by atoms with Gasteiger partial charge in [-0.1, -0.05) is 12.1 Å². The van der Waals surface area contributed by atoms with E-state index in [4.69, 9.17) is 14.6 Å². The number of phenols is 1. The number of hydrogen-bond acceptors (Lipinski definition) is 5. The van der Waals surface area contributed by atoms with Crippen LogP contribution in [0.5, 0.6) is 17.2 Å². The molecule has 1 amide bonds. The summed E-state index contributed by atoms with van der Waals surface area (Å²) in [6, 6.07) is 13.0. The molecule has 6 heteroatoms. The number of ether oxygens (including phenoxy) is 2. The third kappa shape index (κ3) is 5.31. The topological polar surface area (TPSA) is 71.0 Å². The lowest BCUT2D eigenvalue weighted by molar-refractivity contribution is -0.119. The Labute approximate surface area is 166 Å². The highest BCUT2D eigenvalue weighted by Crippen LogP contribution is 2.34. The van der Waals surface area contributed by atoms with E-state index >= 15 is 0 Å². The van der Waals surface area contributed by atoms with Crippen LogP contribution in [0.15, 0.2) is 42.5 Å². The number of benzene rings is 2. The summed E-state index contributed by atoms with van der Waals surface area (Å²) < 4.78 is 11.1. The summed E-state index contributed by atoms with van der Waals surface area (Å²) in [5.41, 5.74) is 2.24. The highest BCUT2D eigenvalue weighted by atomic mass is 16.6. The molecule has 2 N–H and O–H groups in total. The number of aromatic hydroxyl groups is 1. The molecule has 6 nitrogen and oxygen atoms in total. The summed E-state index contributed by atoms with van der Waals surface area (Å²) in [4.78, 5) is 13.1. The average molecular weight is 384 g/mol. The minimum absolute atomic E-state index is 0.0156. The lowest BCUT2D eigenvalue weighted by Crippen LogP contribution is -2.23. The van der Waals surface area contributed by atoms with Crippen molar-refractivity contribution in [2.24, 2.45) is 0 Å². The second kappa shape index (κ2) is 9.35. The van der Waals surface area contributed by atoms with Crippen molar-refractivity contribution >= 4 is 11.6 Å². The SMILES string of the molecule is CC(=O)NC(C)c1ccc(O)cc1.c1cc2c(cc1N1CCCC1)OCCO2. The number of carbonyl (C=O) groups excluding carboxylic acids is 1. The summed E-state index contributed by atoms with van der Waals surface area (Å²) in [6.07, 6.45) is 2.60. The van der Waals surface area contributed by atoms with Gasteiger partial charge in [0.1, 0.15) is 19.0 Å². The Hall–Kier alpha value is -2.89. The molecular formula is C22H28N2O4. The smallest absolute Gasteiger partial charge is 0.217 e. The third-order valence-corrected chi connectivity index (χ3v) is 4.81. The zero-order chi connectivity index (χ0) is 19.9. The van der Waals surface area contributed by atoms with E-state index in [-0.39, 0.29) is 17.7 Å². The summed E-state index contributed by atoms with van der Waals surface area (Å²) >= 11 is 0. The molecule has 2 heterocycles. The fourth-order valence-electron chi connectivity index (χ4n) is 3.36. The summed E-state index contributed by atoms with van der Waals surface area (Å²) in [7, 11) is 0. The van der Waals surface area contributed by atoms with Crippen molar-refractivity contribution in [2.75, 3.05) is 31.2 Å². The lowest BCUT2D eigenvalue weighted by atomic mass is 10.1. The highest BCUT2D eigenvalue weighted by molar-refractivity contribution is 5.73. The van der Waals surface area contributed by atoms with Crippen LogP contribution < -0.4 is 19.7 Å². The van der Waals surface area contributed by atoms with Crippen LogP contribution >= 0.6 is 0 Å². The largest absolute Gasteiger partial charge is 0.508 e. The molecule has 1 fully saturated rings. The van der Waals surface area contributed by atoms with Crippen molar-refractivity contribution in [1.82, 2.24) is 5.32 Å². The fourth-order valence-corrected chi connectivity index (χ4v) is 3.36. The van der Waals surface area contributed by atoms with Gasteiger partial charge in [-0.15, -0.1) is 0 Å². The number of nitrogens with one attached hydrogen (secondary N) is 1. The van der Waals surface area contributed by atoms with E-state index in [1.807, 2.05) is 13.0 Å². The van der Waals surface area contributed by atoms with E-state index in [1.54, 1.807) is 24.3 Å². The third-order valence-electron chi connectivity index (χ3n) is 4.81. The molecule has 2 aliphatic rings. The zero-order valence-corrected chi connectivity index (χ0v) is 16.5. The van der Waals surface area contributed by atoms with Gasteiger partial charge in [-0.25, -0.2) is 0 Å². The number of hydrogen-bond donors (Lipinski definition) is 2. The van der Waals surface area contributed by atoms with Crippen LogP contribution in [0, 0.1) is 0 Å². The van der Waals surface area contributed by atoms with Gasteiger partial charge in [0, 0.05) is 31.8 Å². The molecule has 1 saturated heterocycles. The predicted octanol–water partition coefficient (Wildman–Crippen LogP) is 3.65. The van der Waals surface area contributed by atoms with Gasteiger partial charge in [-0.3, -0.25) is 4.79 Å². The maximum absolute atomic E-state index is 10.7. The monoisotopic (exact) mass is 384 g/mol. The zero-order valence-electron chi connectivity index (χ0n) is 16.5. The molecule has 0 aromatic heterocycles. The van der Waals surface area contributed by atoms with Crippen molar-refractivity contribution in [3.63, 3.8) is 0 Å². The van der Waals surface area contributed by atoms with Gasteiger partial charge in [0.2, 0.25) is 5.91 Å². The first-order valence-corrected chi connectivity index (χ1v) is 9.73. The fraction of sp³-hybridized carbons (Fsp3) is 0.409. The second-order valence-electron chi connectivity index (χ2n) is 7.04. The first-order valence-electron chi connectivity index (χ1n) is 9.73. The Balaban J connectivity index is 0.000000163. The molecule has 0 bridgehead atoms. The van der Waals surface area contributed by atoms with Crippen LogP contribution in [0.3, 0.4) is 0 Å². The minimum atomic E-state index is -0.0550. The van der Waals surface area contributed by atoms with Crippen LogP contribution in [-0.4, -0.2) is 37.3 Å². The first kappa shape index (κ1) is 19.9. The van der Waals surface area contributed by atoms with E-state index in [2.05, 4.69) is 22.3 Å². The van der Waals surface area contributed by atoms with Crippen molar-refractivity contribution < 1.29 is 19.4 Å². The first-order chi connectivity index (χ1) is 13.5. The van der Waals surface area contributed by atoms with Crippen LogP contribution in [-0.2, 0) is 4.79 Å². The van der Waals surface area contributed by atoms with Crippen molar-refractivity contribution in [1.29, 1.82) is 0 Å². The number of rotatable bonds is 3. The molecule has 0 radical (unpaired) electrons. The van der Waals surface area contributed by atoms with Crippen molar-refractivity contribution in [3.05, 3.63) is 48.0 Å². The van der Waals surface area contributed by atoms with E-state index in [9.17, 15) is 4.79 Å². The molecule has 28 heavy (non-hydrogen) atoms. The van der Waals surface area contributed by atoms with E-state index in [1.165, 1.54) is 38.5 Å². The van der Waals surface area contributed by atoms with Crippen molar-refractivity contribution in [2.45, 2.75) is 32.7 Å². The van der Waals surface area contributed by atoms with E-state index < -0.39 is 0 Å². The number of fused-ring (bicyclic) bond motifs is 1. The van der Waals surface area contributed by atoms with Gasteiger partial charge in [-0.2, -0.15) is 0 Å². The molecule has 2 aromatic carbocycles. The maximum atomic E-state index is 10.7. The number of phenolic OH excluding ortho intramolecular Hbond substituents is 1. The van der Waals surface area contributed by atoms with Crippen LogP contribution in [0.25, 0.3) is 0 Å². The molecular weight excluding hydrogens is 356 g/mol. The normalized spacial score (nSPS) is 16.0. The molecule has 0 saturated carbocycles. The summed E-state index contributed by atoms with van der Waals surface area (Å²) in [5.74, 6) is 1.95. The molecule has 1 unspecified atom stereocenters. The van der Waals surface area contributed by atoms with E-state index in [0.29, 0.717) is 13.2 Å². The molecule has 0 spiro atoms. The Morgan fingerprint density at radius 3 is 2.32 bits per heavy atom. The number of anilines is 1. The van der Waals surface area contributed by atoms with Crippen LogP contribution in [0.2, 0.25) is 0 Å². The Bertz CT molecular complexity index is 786. The van der Waals surface area contributed by atoms with Crippen molar-refractivity contribution in [3.8, 4) is 17.2 Å². The number of carbonyl (C=O) groups is 1. The van der Waals surface area contributed by atoms with Crippen LogP contribution in [0.4, 0.5) is 5.69 Å². The van der Waals surface area contributed by atoms with Gasteiger partial charge >= 0.3 is 0 Å². The Morgan fingerprint density at radius 2 is 1.68 bits per heavy atom. The predicted molar refractivity (Wildman–Crippen MR) is 109 cm³/mol.